The van der Waals surface area contributed by atoms with Crippen LogP contribution in [0.1, 0.15) is 15.9 Å². The molecule has 7 nitrogen and oxygen atoms in total. The van der Waals surface area contributed by atoms with Gasteiger partial charge in [0, 0.05) is 22.7 Å². The molecule has 0 aliphatic heterocycles. The summed E-state index contributed by atoms with van der Waals surface area (Å²) >= 11 is 5.73. The van der Waals surface area contributed by atoms with Crippen molar-refractivity contribution in [3.8, 4) is 0 Å². The third-order valence-electron chi connectivity index (χ3n) is 2.59. The highest BCUT2D eigenvalue weighted by molar-refractivity contribution is 6.30. The van der Waals surface area contributed by atoms with Gasteiger partial charge in [-0.15, -0.1) is 0 Å². The SMILES string of the molecule is O.O=C(N/N=C/c1ccc([N+](=O)[O-])cc1)c1ccc(Cl)cc1. The third-order valence-corrected chi connectivity index (χ3v) is 2.84. The van der Waals surface area contributed by atoms with Crippen LogP contribution >= 0.6 is 11.6 Å². The Balaban J connectivity index is 0.00000242. The molecule has 0 aliphatic rings. The number of carbonyl (C=O) groups is 1. The van der Waals surface area contributed by atoms with Crippen LogP contribution in [0, 0.1) is 10.1 Å². The highest BCUT2D eigenvalue weighted by Gasteiger charge is 2.04. The zero-order valence-corrected chi connectivity index (χ0v) is 11.9. The minimum atomic E-state index is -0.483. The molecule has 0 saturated carbocycles. The molecular weight excluding hydrogens is 310 g/mol. The lowest BCUT2D eigenvalue weighted by molar-refractivity contribution is -0.384. The van der Waals surface area contributed by atoms with Crippen molar-refractivity contribution in [3.05, 3.63) is 74.8 Å². The van der Waals surface area contributed by atoms with Gasteiger partial charge in [-0.2, -0.15) is 5.10 Å². The summed E-state index contributed by atoms with van der Waals surface area (Å²) in [6, 6.07) is 12.2. The molecule has 0 heterocycles. The predicted molar refractivity (Wildman–Crippen MR) is 83.2 cm³/mol. The molecule has 1 amide bonds. The van der Waals surface area contributed by atoms with E-state index < -0.39 is 4.92 Å². The van der Waals surface area contributed by atoms with Crippen molar-refractivity contribution < 1.29 is 15.2 Å². The van der Waals surface area contributed by atoms with Gasteiger partial charge in [0.25, 0.3) is 11.6 Å². The number of carbonyl (C=O) groups excluding carboxylic acids is 1. The molecule has 8 heteroatoms. The molecule has 0 unspecified atom stereocenters. The Bertz CT molecular complexity index is 684. The number of non-ortho nitro benzene ring substituents is 1. The topological polar surface area (TPSA) is 116 Å². The van der Waals surface area contributed by atoms with Crippen molar-refractivity contribution in [1.82, 2.24) is 5.43 Å². The van der Waals surface area contributed by atoms with Gasteiger partial charge in [0.15, 0.2) is 0 Å². The largest absolute Gasteiger partial charge is 0.412 e. The van der Waals surface area contributed by atoms with E-state index in [1.165, 1.54) is 30.5 Å². The Morgan fingerprint density at radius 2 is 1.73 bits per heavy atom. The Hall–Kier alpha value is -2.77. The van der Waals surface area contributed by atoms with Crippen LogP contribution in [0.25, 0.3) is 0 Å². The van der Waals surface area contributed by atoms with E-state index in [4.69, 9.17) is 11.6 Å². The second kappa shape index (κ2) is 7.87. The molecule has 0 aliphatic carbocycles. The molecule has 0 aromatic heterocycles. The molecule has 114 valence electrons. The number of benzene rings is 2. The summed E-state index contributed by atoms with van der Waals surface area (Å²) in [6.45, 7) is 0. The molecule has 0 saturated heterocycles. The van der Waals surface area contributed by atoms with Gasteiger partial charge >= 0.3 is 0 Å². The number of hydrazone groups is 1. The number of halogens is 1. The van der Waals surface area contributed by atoms with Crippen molar-refractivity contribution in [3.63, 3.8) is 0 Å². The number of amides is 1. The van der Waals surface area contributed by atoms with E-state index in [9.17, 15) is 14.9 Å². The van der Waals surface area contributed by atoms with Gasteiger partial charge in [-0.05, 0) is 42.0 Å². The Morgan fingerprint density at radius 1 is 1.14 bits per heavy atom. The highest BCUT2D eigenvalue weighted by Crippen LogP contribution is 2.11. The van der Waals surface area contributed by atoms with Crippen molar-refractivity contribution in [2.45, 2.75) is 0 Å². The molecule has 0 spiro atoms. The van der Waals surface area contributed by atoms with Gasteiger partial charge in [-0.3, -0.25) is 14.9 Å². The summed E-state index contributed by atoms with van der Waals surface area (Å²) in [5, 5.41) is 14.8. The minimum Gasteiger partial charge on any atom is -0.412 e. The lowest BCUT2D eigenvalue weighted by Gasteiger charge is -1.99. The molecule has 0 atom stereocenters. The summed E-state index contributed by atoms with van der Waals surface area (Å²) in [5.41, 5.74) is 3.42. The fourth-order valence-electron chi connectivity index (χ4n) is 1.51. The van der Waals surface area contributed by atoms with Crippen LogP contribution in [0.15, 0.2) is 53.6 Å². The summed E-state index contributed by atoms with van der Waals surface area (Å²) < 4.78 is 0. The van der Waals surface area contributed by atoms with Gasteiger partial charge in [0.2, 0.25) is 0 Å². The fraction of sp³-hybridized carbons (Fsp3) is 0. The standard InChI is InChI=1S/C14H10ClN3O3.H2O/c15-12-5-3-11(4-6-12)14(19)17-16-9-10-1-7-13(8-2-10)18(20)21;/h1-9H,(H,17,19);1H2/b16-9+;. The van der Waals surface area contributed by atoms with Crippen molar-refractivity contribution in [2.75, 3.05) is 0 Å². The van der Waals surface area contributed by atoms with Crippen LogP contribution < -0.4 is 5.43 Å². The maximum atomic E-state index is 11.7. The Morgan fingerprint density at radius 3 is 2.27 bits per heavy atom. The molecule has 22 heavy (non-hydrogen) atoms. The zero-order chi connectivity index (χ0) is 15.2. The van der Waals surface area contributed by atoms with E-state index in [1.54, 1.807) is 24.3 Å². The zero-order valence-electron chi connectivity index (χ0n) is 11.2. The normalized spacial score (nSPS) is 10.0. The maximum Gasteiger partial charge on any atom is 0.271 e. The third kappa shape index (κ3) is 4.65. The lowest BCUT2D eigenvalue weighted by atomic mass is 10.2. The number of nitrogens with zero attached hydrogens (tertiary/aromatic N) is 2. The van der Waals surface area contributed by atoms with E-state index >= 15 is 0 Å². The first-order valence-electron chi connectivity index (χ1n) is 5.90. The maximum absolute atomic E-state index is 11.7. The average molecular weight is 322 g/mol. The van der Waals surface area contributed by atoms with Crippen LogP contribution in [0.5, 0.6) is 0 Å². The Labute approximate surface area is 130 Å². The van der Waals surface area contributed by atoms with Crippen LogP contribution in [-0.4, -0.2) is 22.5 Å². The molecule has 2 aromatic carbocycles. The molecular formula is C14H12ClN3O4. The number of hydrogen-bond donors (Lipinski definition) is 1. The second-order valence-electron chi connectivity index (χ2n) is 4.05. The van der Waals surface area contributed by atoms with Crippen LogP contribution in [0.4, 0.5) is 5.69 Å². The van der Waals surface area contributed by atoms with Crippen LogP contribution in [-0.2, 0) is 0 Å². The smallest absolute Gasteiger partial charge is 0.271 e. The molecule has 0 fully saturated rings. The monoisotopic (exact) mass is 321 g/mol. The number of hydrogen-bond acceptors (Lipinski definition) is 4. The highest BCUT2D eigenvalue weighted by atomic mass is 35.5. The van der Waals surface area contributed by atoms with Gasteiger partial charge in [0.1, 0.15) is 0 Å². The average Bonchev–Trinajstić information content (AvgIpc) is 2.48. The number of nitro benzene ring substituents is 1. The summed E-state index contributed by atoms with van der Waals surface area (Å²) in [5.74, 6) is -0.371. The fourth-order valence-corrected chi connectivity index (χ4v) is 1.64. The molecule has 2 rings (SSSR count). The van der Waals surface area contributed by atoms with Crippen molar-refractivity contribution in [2.24, 2.45) is 5.10 Å². The minimum absolute atomic E-state index is 0. The number of nitro groups is 1. The summed E-state index contributed by atoms with van der Waals surface area (Å²) in [6.07, 6.45) is 1.40. The van der Waals surface area contributed by atoms with Gasteiger partial charge < -0.3 is 5.48 Å². The van der Waals surface area contributed by atoms with Gasteiger partial charge in [-0.1, -0.05) is 11.6 Å². The van der Waals surface area contributed by atoms with Crippen molar-refractivity contribution in [1.29, 1.82) is 0 Å². The van der Waals surface area contributed by atoms with Gasteiger partial charge in [0.05, 0.1) is 11.1 Å². The molecule has 3 N–H and O–H groups in total. The first kappa shape index (κ1) is 17.3. The Kier molecular flexibility index (Phi) is 6.18. The van der Waals surface area contributed by atoms with E-state index in [-0.39, 0.29) is 17.1 Å². The molecule has 0 radical (unpaired) electrons. The van der Waals surface area contributed by atoms with E-state index in [1.807, 2.05) is 0 Å². The lowest BCUT2D eigenvalue weighted by Crippen LogP contribution is -2.17. The predicted octanol–water partition coefficient (Wildman–Crippen LogP) is 2.19. The van der Waals surface area contributed by atoms with E-state index in [2.05, 4.69) is 10.5 Å². The quantitative estimate of drug-likeness (QED) is 0.528. The molecule has 0 bridgehead atoms. The molecule has 2 aromatic rings. The van der Waals surface area contributed by atoms with Crippen LogP contribution in [0.2, 0.25) is 5.02 Å². The van der Waals surface area contributed by atoms with E-state index in [0.29, 0.717) is 16.1 Å². The first-order valence-corrected chi connectivity index (χ1v) is 6.27. The summed E-state index contributed by atoms with van der Waals surface area (Å²) in [7, 11) is 0. The number of nitrogens with one attached hydrogen (secondary N) is 1. The second-order valence-corrected chi connectivity index (χ2v) is 4.49. The number of rotatable bonds is 4. The van der Waals surface area contributed by atoms with Crippen molar-refractivity contribution >= 4 is 29.4 Å². The first-order chi connectivity index (χ1) is 10.1. The van der Waals surface area contributed by atoms with E-state index in [0.717, 1.165) is 0 Å². The van der Waals surface area contributed by atoms with Crippen LogP contribution in [0.3, 0.4) is 0 Å². The summed E-state index contributed by atoms with van der Waals surface area (Å²) in [4.78, 5) is 21.8. The van der Waals surface area contributed by atoms with Gasteiger partial charge in [-0.25, -0.2) is 5.43 Å².